The van der Waals surface area contributed by atoms with E-state index in [9.17, 15) is 0 Å². The van der Waals surface area contributed by atoms with Gasteiger partial charge in [-0.15, -0.1) is 0 Å². The molecule has 0 aromatic rings. The van der Waals surface area contributed by atoms with Crippen molar-refractivity contribution in [2.45, 2.75) is 91.9 Å². The van der Waals surface area contributed by atoms with E-state index in [1.165, 1.54) is 12.7 Å². The highest BCUT2D eigenvalue weighted by Gasteiger charge is 2.39. The zero-order chi connectivity index (χ0) is 16.2. The highest BCUT2D eigenvalue weighted by Crippen LogP contribution is 2.49. The molecule has 0 spiro atoms. The van der Waals surface area contributed by atoms with Crippen molar-refractivity contribution in [3.63, 3.8) is 0 Å². The first-order chi connectivity index (χ1) is 8.72. The van der Waals surface area contributed by atoms with Gasteiger partial charge < -0.3 is 4.74 Å². The molecule has 0 amide bonds. The Labute approximate surface area is 130 Å². The Kier molecular flexibility index (Phi) is 6.93. The monoisotopic (exact) mass is 280 g/mol. The summed E-state index contributed by atoms with van der Waals surface area (Å²) in [7, 11) is 4.56. The van der Waals surface area contributed by atoms with Crippen LogP contribution in [0.15, 0.2) is 0 Å². The minimum Gasteiger partial charge on any atom is -0.376 e. The van der Waals surface area contributed by atoms with Crippen LogP contribution >= 0.6 is 0 Å². The molecule has 3 heteroatoms. The van der Waals surface area contributed by atoms with Gasteiger partial charge in [-0.1, -0.05) is 53.2 Å². The molecule has 0 atom stereocenters. The summed E-state index contributed by atoms with van der Waals surface area (Å²) in [4.78, 5) is 0. The van der Waals surface area contributed by atoms with Gasteiger partial charge in [-0.05, 0) is 43.9 Å². The molecular formula is C17H38B2O. The van der Waals surface area contributed by atoms with Gasteiger partial charge in [0.25, 0.3) is 0 Å². The summed E-state index contributed by atoms with van der Waals surface area (Å²) in [6.07, 6.45) is 4.69. The first kappa shape index (κ1) is 20.1. The van der Waals surface area contributed by atoms with Gasteiger partial charge >= 0.3 is 0 Å². The highest BCUT2D eigenvalue weighted by molar-refractivity contribution is 6.14. The highest BCUT2D eigenvalue weighted by atomic mass is 16.5. The second-order valence-corrected chi connectivity index (χ2v) is 9.61. The lowest BCUT2D eigenvalue weighted by Gasteiger charge is -2.46. The smallest absolute Gasteiger partial charge is 0.108 e. The fraction of sp³-hybridized carbons (Fsp3) is 1.00. The molecule has 0 unspecified atom stereocenters. The van der Waals surface area contributed by atoms with Crippen molar-refractivity contribution in [2.75, 3.05) is 6.61 Å². The van der Waals surface area contributed by atoms with Crippen LogP contribution in [-0.2, 0) is 4.74 Å². The summed E-state index contributed by atoms with van der Waals surface area (Å²) in [6, 6.07) is 0. The summed E-state index contributed by atoms with van der Waals surface area (Å²) in [5.41, 5.74) is 0.644. The minimum atomic E-state index is 0.0268. The molecule has 0 aliphatic rings. The predicted molar refractivity (Wildman–Crippen MR) is 97.4 cm³/mol. The van der Waals surface area contributed by atoms with Crippen LogP contribution in [0.25, 0.3) is 0 Å². The molecule has 118 valence electrons. The zero-order valence-corrected chi connectivity index (χ0v) is 15.9. The molecule has 0 radical (unpaired) electrons. The van der Waals surface area contributed by atoms with E-state index in [-0.39, 0.29) is 5.60 Å². The first-order valence-corrected chi connectivity index (χ1v) is 8.36. The molecule has 0 rings (SSSR count). The number of hydrogen-bond donors (Lipinski definition) is 0. The van der Waals surface area contributed by atoms with Gasteiger partial charge in [0.15, 0.2) is 0 Å². The van der Waals surface area contributed by atoms with Crippen molar-refractivity contribution in [3.8, 4) is 0 Å². The van der Waals surface area contributed by atoms with Gasteiger partial charge in [-0.25, -0.2) is 0 Å². The van der Waals surface area contributed by atoms with Crippen LogP contribution in [0, 0.1) is 10.8 Å². The summed E-state index contributed by atoms with van der Waals surface area (Å²) in [5.74, 6) is 0. The topological polar surface area (TPSA) is 9.23 Å². The summed E-state index contributed by atoms with van der Waals surface area (Å²) in [6.45, 7) is 19.6. The molecule has 0 N–H and O–H groups in total. The van der Waals surface area contributed by atoms with Gasteiger partial charge in [0, 0.05) is 6.61 Å². The Balaban J connectivity index is 4.51. The van der Waals surface area contributed by atoms with Crippen LogP contribution in [0.4, 0.5) is 0 Å². The van der Waals surface area contributed by atoms with E-state index in [0.29, 0.717) is 16.1 Å². The molecule has 0 bridgehead atoms. The second kappa shape index (κ2) is 6.90. The van der Waals surface area contributed by atoms with E-state index in [0.717, 1.165) is 19.4 Å². The SMILES string of the molecule is BCCC(C)(C)OCCC(C)(C)C(C)(C)CC(B)(C)C. The lowest BCUT2D eigenvalue weighted by Crippen LogP contribution is -2.37. The van der Waals surface area contributed by atoms with Crippen molar-refractivity contribution in [1.29, 1.82) is 0 Å². The van der Waals surface area contributed by atoms with Crippen LogP contribution in [0.1, 0.15) is 74.7 Å². The fourth-order valence-electron chi connectivity index (χ4n) is 3.16. The van der Waals surface area contributed by atoms with Crippen LogP contribution in [0.2, 0.25) is 11.6 Å². The maximum atomic E-state index is 6.13. The quantitative estimate of drug-likeness (QED) is 0.582. The van der Waals surface area contributed by atoms with Gasteiger partial charge in [0.1, 0.15) is 15.7 Å². The third kappa shape index (κ3) is 7.20. The second-order valence-electron chi connectivity index (χ2n) is 9.61. The van der Waals surface area contributed by atoms with Crippen LogP contribution < -0.4 is 0 Å². The van der Waals surface area contributed by atoms with Crippen molar-refractivity contribution < 1.29 is 4.74 Å². The Hall–Kier alpha value is 0.0899. The van der Waals surface area contributed by atoms with Crippen LogP contribution in [0.3, 0.4) is 0 Å². The average Bonchev–Trinajstić information content (AvgIpc) is 2.11. The van der Waals surface area contributed by atoms with Crippen molar-refractivity contribution in [3.05, 3.63) is 0 Å². The Morgan fingerprint density at radius 1 is 0.800 bits per heavy atom. The van der Waals surface area contributed by atoms with Crippen molar-refractivity contribution in [2.24, 2.45) is 10.8 Å². The largest absolute Gasteiger partial charge is 0.376 e. The zero-order valence-electron chi connectivity index (χ0n) is 15.9. The van der Waals surface area contributed by atoms with Gasteiger partial charge in [0.05, 0.1) is 5.60 Å². The normalized spacial score (nSPS) is 14.6. The molecule has 0 saturated carbocycles. The maximum Gasteiger partial charge on any atom is 0.108 e. The molecule has 20 heavy (non-hydrogen) atoms. The number of hydrogen-bond acceptors (Lipinski definition) is 1. The maximum absolute atomic E-state index is 6.13. The summed E-state index contributed by atoms with van der Waals surface area (Å²) < 4.78 is 6.13. The van der Waals surface area contributed by atoms with E-state index in [1.807, 2.05) is 0 Å². The Morgan fingerprint density at radius 3 is 1.70 bits per heavy atom. The number of ether oxygens (including phenoxy) is 1. The van der Waals surface area contributed by atoms with Crippen LogP contribution in [0.5, 0.6) is 0 Å². The summed E-state index contributed by atoms with van der Waals surface area (Å²) in [5, 5.41) is 0.378. The van der Waals surface area contributed by atoms with Gasteiger partial charge in [0.2, 0.25) is 0 Å². The third-order valence-electron chi connectivity index (χ3n) is 4.88. The van der Waals surface area contributed by atoms with Crippen molar-refractivity contribution in [1.82, 2.24) is 0 Å². The number of rotatable bonds is 9. The van der Waals surface area contributed by atoms with Crippen LogP contribution in [-0.4, -0.2) is 27.9 Å². The van der Waals surface area contributed by atoms with E-state index >= 15 is 0 Å². The molecule has 0 aliphatic heterocycles. The molecular weight excluding hydrogens is 242 g/mol. The lowest BCUT2D eigenvalue weighted by molar-refractivity contribution is -0.0468. The molecule has 0 aromatic heterocycles. The third-order valence-corrected chi connectivity index (χ3v) is 4.88. The molecule has 1 nitrogen and oxygen atoms in total. The molecule has 0 fully saturated rings. The summed E-state index contributed by atoms with van der Waals surface area (Å²) >= 11 is 0. The molecule has 0 heterocycles. The average molecular weight is 280 g/mol. The lowest BCUT2D eigenvalue weighted by atomic mass is 9.55. The predicted octanol–water partition coefficient (Wildman–Crippen LogP) is 3.89. The molecule has 0 aliphatic carbocycles. The minimum absolute atomic E-state index is 0.0268. The first-order valence-electron chi connectivity index (χ1n) is 8.36. The van der Waals surface area contributed by atoms with E-state index in [1.54, 1.807) is 0 Å². The Bertz CT molecular complexity index is 288. The fourth-order valence-corrected chi connectivity index (χ4v) is 3.16. The van der Waals surface area contributed by atoms with Crippen molar-refractivity contribution >= 4 is 15.7 Å². The molecule has 0 aromatic carbocycles. The Morgan fingerprint density at radius 2 is 1.30 bits per heavy atom. The van der Waals surface area contributed by atoms with E-state index in [4.69, 9.17) is 4.74 Å². The van der Waals surface area contributed by atoms with E-state index < -0.39 is 0 Å². The standard InChI is InChI=1S/C17H38B2O/c1-14(2,15(3,4)13-16(5,6)19)10-12-20-17(7,8)9-11-18/h9-13,18-19H2,1-8H3. The molecule has 0 saturated heterocycles. The van der Waals surface area contributed by atoms with E-state index in [2.05, 4.69) is 71.1 Å². The van der Waals surface area contributed by atoms with Gasteiger partial charge in [-0.3, -0.25) is 0 Å². The van der Waals surface area contributed by atoms with Gasteiger partial charge in [-0.2, -0.15) is 0 Å².